The number of carbonyl (C=O) groups is 1. The van der Waals surface area contributed by atoms with Crippen LogP contribution in [0.2, 0.25) is 0 Å². The van der Waals surface area contributed by atoms with Gasteiger partial charge in [-0.3, -0.25) is 9.89 Å². The van der Waals surface area contributed by atoms with E-state index in [9.17, 15) is 4.79 Å². The number of hydrazone groups is 1. The lowest BCUT2D eigenvalue weighted by Gasteiger charge is -2.10. The summed E-state index contributed by atoms with van der Waals surface area (Å²) in [6.07, 6.45) is 5.80. The zero-order valence-electron chi connectivity index (χ0n) is 13.2. The summed E-state index contributed by atoms with van der Waals surface area (Å²) in [5.41, 5.74) is 6.17. The number of hydrogen-bond donors (Lipinski definition) is 2. The fourth-order valence-corrected chi connectivity index (χ4v) is 3.25. The molecule has 0 fully saturated rings. The van der Waals surface area contributed by atoms with Gasteiger partial charge in [0.2, 0.25) is 0 Å². The van der Waals surface area contributed by atoms with Crippen LogP contribution in [0.3, 0.4) is 0 Å². The first-order valence-electron chi connectivity index (χ1n) is 8.20. The fourth-order valence-electron chi connectivity index (χ4n) is 3.25. The van der Waals surface area contributed by atoms with Crippen LogP contribution < -0.4 is 5.43 Å². The Balaban J connectivity index is 1.53. The second-order valence-corrected chi connectivity index (χ2v) is 6.00. The maximum Gasteiger partial charge on any atom is 0.292 e. The van der Waals surface area contributed by atoms with Crippen molar-refractivity contribution < 1.29 is 4.79 Å². The minimum atomic E-state index is -0.258. The number of nitrogens with zero attached hydrogens (tertiary/aromatic N) is 2. The lowest BCUT2D eigenvalue weighted by atomic mass is 9.96. The van der Waals surface area contributed by atoms with Crippen LogP contribution in [0.1, 0.15) is 40.2 Å². The molecular weight excluding hydrogens is 300 g/mol. The predicted octanol–water partition coefficient (Wildman–Crippen LogP) is 3.21. The zero-order chi connectivity index (χ0) is 16.4. The Morgan fingerprint density at radius 1 is 1.12 bits per heavy atom. The number of amides is 1. The molecule has 3 aromatic rings. The molecule has 0 radical (unpaired) electrons. The van der Waals surface area contributed by atoms with E-state index in [0.29, 0.717) is 5.69 Å². The molecule has 1 heterocycles. The van der Waals surface area contributed by atoms with Crippen molar-refractivity contribution in [2.75, 3.05) is 0 Å². The number of fused-ring (bicyclic) bond motifs is 2. The molecule has 0 atom stereocenters. The molecule has 0 saturated carbocycles. The molecular formula is C19H18N4O. The van der Waals surface area contributed by atoms with E-state index in [-0.39, 0.29) is 5.91 Å². The number of carbonyl (C=O) groups excluding carboxylic acids is 1. The highest BCUT2D eigenvalue weighted by Gasteiger charge is 2.21. The van der Waals surface area contributed by atoms with Gasteiger partial charge < -0.3 is 0 Å². The van der Waals surface area contributed by atoms with Gasteiger partial charge in [-0.15, -0.1) is 0 Å². The normalized spacial score (nSPS) is 14.0. The Morgan fingerprint density at radius 3 is 2.92 bits per heavy atom. The zero-order valence-corrected chi connectivity index (χ0v) is 13.2. The van der Waals surface area contributed by atoms with E-state index >= 15 is 0 Å². The lowest BCUT2D eigenvalue weighted by Crippen LogP contribution is -2.20. The highest BCUT2D eigenvalue weighted by Crippen LogP contribution is 2.22. The van der Waals surface area contributed by atoms with E-state index in [0.717, 1.165) is 53.3 Å². The summed E-state index contributed by atoms with van der Waals surface area (Å²) in [6.45, 7) is 0. The molecule has 4 rings (SSSR count). The maximum atomic E-state index is 12.3. The third-order valence-corrected chi connectivity index (χ3v) is 4.46. The summed E-state index contributed by atoms with van der Waals surface area (Å²) in [4.78, 5) is 12.3. The number of aromatic amines is 1. The summed E-state index contributed by atoms with van der Waals surface area (Å²) in [5.74, 6) is -0.258. The largest absolute Gasteiger partial charge is 0.292 e. The first-order chi connectivity index (χ1) is 11.8. The molecule has 1 aromatic heterocycles. The standard InChI is InChI=1S/C19H18N4O/c24-19(18-16-10-3-4-11-17(16)21-22-18)23-20-12-14-8-5-7-13-6-1-2-9-15(13)14/h1-2,5-9,12H,3-4,10-11H2,(H,21,22)(H,23,24)/b20-12-. The topological polar surface area (TPSA) is 70.1 Å². The molecule has 1 amide bonds. The molecule has 0 unspecified atom stereocenters. The van der Waals surface area contributed by atoms with E-state index in [2.05, 4.69) is 32.9 Å². The molecule has 5 nitrogen and oxygen atoms in total. The Labute approximate surface area is 139 Å². The first-order valence-corrected chi connectivity index (χ1v) is 8.20. The quantitative estimate of drug-likeness (QED) is 0.575. The van der Waals surface area contributed by atoms with Crippen LogP contribution in [0.25, 0.3) is 10.8 Å². The predicted molar refractivity (Wildman–Crippen MR) is 94.2 cm³/mol. The Morgan fingerprint density at radius 2 is 1.96 bits per heavy atom. The average molecular weight is 318 g/mol. The van der Waals surface area contributed by atoms with Gasteiger partial charge in [0.15, 0.2) is 5.69 Å². The van der Waals surface area contributed by atoms with Crippen LogP contribution in [0.5, 0.6) is 0 Å². The van der Waals surface area contributed by atoms with E-state index in [4.69, 9.17) is 0 Å². The van der Waals surface area contributed by atoms with Gasteiger partial charge in [-0.1, -0.05) is 42.5 Å². The number of nitrogens with one attached hydrogen (secondary N) is 2. The van der Waals surface area contributed by atoms with Crippen LogP contribution in [0.4, 0.5) is 0 Å². The Kier molecular flexibility index (Phi) is 3.83. The van der Waals surface area contributed by atoms with Crippen molar-refractivity contribution in [3.8, 4) is 0 Å². The Hall–Kier alpha value is -2.95. The molecule has 5 heteroatoms. The van der Waals surface area contributed by atoms with E-state index in [1.54, 1.807) is 6.21 Å². The minimum Gasteiger partial charge on any atom is -0.281 e. The smallest absolute Gasteiger partial charge is 0.281 e. The lowest BCUT2D eigenvalue weighted by molar-refractivity contribution is 0.0949. The highest BCUT2D eigenvalue weighted by molar-refractivity contribution is 6.00. The van der Waals surface area contributed by atoms with Crippen LogP contribution in [0, 0.1) is 0 Å². The second kappa shape index (κ2) is 6.28. The maximum absolute atomic E-state index is 12.3. The van der Waals surface area contributed by atoms with Gasteiger partial charge in [0, 0.05) is 16.8 Å². The first kappa shape index (κ1) is 14.6. The van der Waals surface area contributed by atoms with E-state index < -0.39 is 0 Å². The molecule has 1 aliphatic rings. The number of aromatic nitrogens is 2. The van der Waals surface area contributed by atoms with Gasteiger partial charge in [-0.05, 0) is 36.5 Å². The third-order valence-electron chi connectivity index (χ3n) is 4.46. The molecule has 0 spiro atoms. The molecule has 1 aliphatic carbocycles. The number of hydrogen-bond acceptors (Lipinski definition) is 3. The molecule has 0 saturated heterocycles. The Bertz CT molecular complexity index is 921. The molecule has 2 aromatic carbocycles. The second-order valence-electron chi connectivity index (χ2n) is 6.00. The molecule has 0 bridgehead atoms. The van der Waals surface area contributed by atoms with Crippen molar-refractivity contribution in [3.05, 3.63) is 65.0 Å². The van der Waals surface area contributed by atoms with Crippen LogP contribution in [0.15, 0.2) is 47.6 Å². The van der Waals surface area contributed by atoms with Crippen LogP contribution in [-0.2, 0) is 12.8 Å². The number of benzene rings is 2. The van der Waals surface area contributed by atoms with Crippen molar-refractivity contribution in [1.82, 2.24) is 15.6 Å². The minimum absolute atomic E-state index is 0.258. The van der Waals surface area contributed by atoms with Gasteiger partial charge in [0.25, 0.3) is 5.91 Å². The fraction of sp³-hybridized carbons (Fsp3) is 0.211. The summed E-state index contributed by atoms with van der Waals surface area (Å²) in [7, 11) is 0. The van der Waals surface area contributed by atoms with Crippen LogP contribution in [-0.4, -0.2) is 22.3 Å². The summed E-state index contributed by atoms with van der Waals surface area (Å²) in [6, 6.07) is 14.1. The molecule has 24 heavy (non-hydrogen) atoms. The van der Waals surface area contributed by atoms with E-state index in [1.165, 1.54) is 0 Å². The van der Waals surface area contributed by atoms with Crippen molar-refractivity contribution in [2.45, 2.75) is 25.7 Å². The third kappa shape index (κ3) is 2.69. The van der Waals surface area contributed by atoms with Crippen molar-refractivity contribution in [2.24, 2.45) is 5.10 Å². The molecule has 0 aliphatic heterocycles. The summed E-state index contributed by atoms with van der Waals surface area (Å²) < 4.78 is 0. The van der Waals surface area contributed by atoms with Gasteiger partial charge >= 0.3 is 0 Å². The summed E-state index contributed by atoms with van der Waals surface area (Å²) >= 11 is 0. The van der Waals surface area contributed by atoms with Gasteiger partial charge in [0.1, 0.15) is 0 Å². The average Bonchev–Trinajstić information content (AvgIpc) is 3.06. The summed E-state index contributed by atoms with van der Waals surface area (Å²) in [5, 5.41) is 13.5. The molecule has 2 N–H and O–H groups in total. The monoisotopic (exact) mass is 318 g/mol. The van der Waals surface area contributed by atoms with E-state index in [1.807, 2.05) is 30.3 Å². The van der Waals surface area contributed by atoms with Crippen molar-refractivity contribution >= 4 is 22.9 Å². The van der Waals surface area contributed by atoms with Crippen molar-refractivity contribution in [3.63, 3.8) is 0 Å². The van der Waals surface area contributed by atoms with Crippen LogP contribution >= 0.6 is 0 Å². The van der Waals surface area contributed by atoms with Crippen molar-refractivity contribution in [1.29, 1.82) is 0 Å². The SMILES string of the molecule is O=C(N/N=C\c1cccc2ccccc12)c1n[nH]c2c1CCCC2. The number of aryl methyl sites for hydroxylation is 1. The van der Waals surface area contributed by atoms with Gasteiger partial charge in [-0.25, -0.2) is 5.43 Å². The number of H-pyrrole nitrogens is 1. The van der Waals surface area contributed by atoms with Gasteiger partial charge in [-0.2, -0.15) is 10.2 Å². The highest BCUT2D eigenvalue weighted by atomic mass is 16.2. The van der Waals surface area contributed by atoms with Gasteiger partial charge in [0.05, 0.1) is 6.21 Å². The number of rotatable bonds is 3. The molecule has 120 valence electrons.